The molecule has 0 heterocycles. The minimum atomic E-state index is -1.20. The van der Waals surface area contributed by atoms with Crippen molar-refractivity contribution in [2.75, 3.05) is 13.7 Å². The lowest BCUT2D eigenvalue weighted by Gasteiger charge is -2.02. The molecule has 0 aromatic rings. The molecule has 0 unspecified atom stereocenters. The van der Waals surface area contributed by atoms with Crippen molar-refractivity contribution in [3.63, 3.8) is 0 Å². The summed E-state index contributed by atoms with van der Waals surface area (Å²) in [5, 5.41) is 8.49. The van der Waals surface area contributed by atoms with Gasteiger partial charge in [0.25, 0.3) is 0 Å². The minimum Gasteiger partial charge on any atom is -0.497 e. The first-order chi connectivity index (χ1) is 7.97. The molecular formula is C12H16O5. The highest BCUT2D eigenvalue weighted by Gasteiger charge is 2.10. The molecule has 5 nitrogen and oxygen atoms in total. The second-order valence-corrected chi connectivity index (χ2v) is 3.17. The molecule has 0 aliphatic carbocycles. The Bertz CT molecular complexity index is 341. The fourth-order valence-electron chi connectivity index (χ4n) is 0.824. The number of aliphatic carboxylic acids is 1. The zero-order valence-electron chi connectivity index (χ0n) is 9.77. The quantitative estimate of drug-likeness (QED) is 0.230. The summed E-state index contributed by atoms with van der Waals surface area (Å²) < 4.78 is 9.58. The molecule has 0 radical (unpaired) electrons. The second-order valence-electron chi connectivity index (χ2n) is 3.17. The van der Waals surface area contributed by atoms with E-state index >= 15 is 0 Å². The van der Waals surface area contributed by atoms with Gasteiger partial charge >= 0.3 is 11.9 Å². The van der Waals surface area contributed by atoms with Crippen molar-refractivity contribution >= 4 is 11.9 Å². The topological polar surface area (TPSA) is 72.8 Å². The largest absolute Gasteiger partial charge is 0.497 e. The first kappa shape index (κ1) is 15.0. The van der Waals surface area contributed by atoms with Gasteiger partial charge in [0.15, 0.2) is 0 Å². The molecule has 0 aromatic carbocycles. The molecule has 0 saturated heterocycles. The molecule has 0 aliphatic rings. The highest BCUT2D eigenvalue weighted by molar-refractivity contribution is 5.91. The fraction of sp³-hybridized carbons (Fsp3) is 0.333. The number of methoxy groups -OCH3 is 1. The lowest BCUT2D eigenvalue weighted by atomic mass is 10.2. The number of hydrogen-bond acceptors (Lipinski definition) is 4. The molecule has 94 valence electrons. The van der Waals surface area contributed by atoms with E-state index in [1.54, 1.807) is 12.2 Å². The van der Waals surface area contributed by atoms with Gasteiger partial charge in [0.1, 0.15) is 5.76 Å². The summed E-state index contributed by atoms with van der Waals surface area (Å²) in [6.07, 6.45) is 3.60. The summed E-state index contributed by atoms with van der Waals surface area (Å²) in [5.41, 5.74) is -0.182. The molecule has 0 aliphatic heterocycles. The van der Waals surface area contributed by atoms with E-state index in [9.17, 15) is 9.59 Å². The Kier molecular flexibility index (Phi) is 7.17. The number of carboxylic acid groups (broad SMARTS) is 1. The van der Waals surface area contributed by atoms with E-state index in [2.05, 4.69) is 13.2 Å². The van der Waals surface area contributed by atoms with Crippen LogP contribution in [-0.4, -0.2) is 30.8 Å². The number of esters is 1. The van der Waals surface area contributed by atoms with Gasteiger partial charge in [0.2, 0.25) is 0 Å². The lowest BCUT2D eigenvalue weighted by molar-refractivity contribution is -0.144. The van der Waals surface area contributed by atoms with E-state index in [4.69, 9.17) is 14.6 Å². The van der Waals surface area contributed by atoms with Gasteiger partial charge in [0.05, 0.1) is 20.1 Å². The van der Waals surface area contributed by atoms with Crippen LogP contribution in [0.15, 0.2) is 36.6 Å². The molecule has 0 bridgehead atoms. The Morgan fingerprint density at radius 1 is 1.35 bits per heavy atom. The third-order valence-electron chi connectivity index (χ3n) is 1.77. The van der Waals surface area contributed by atoms with Crippen molar-refractivity contribution in [2.24, 2.45) is 0 Å². The van der Waals surface area contributed by atoms with Gasteiger partial charge in [-0.2, -0.15) is 0 Å². The molecule has 17 heavy (non-hydrogen) atoms. The van der Waals surface area contributed by atoms with Gasteiger partial charge in [0, 0.05) is 5.57 Å². The van der Waals surface area contributed by atoms with Gasteiger partial charge in [-0.3, -0.25) is 4.79 Å². The molecule has 0 fully saturated rings. The number of ether oxygens (including phenoxy) is 2. The number of rotatable bonds is 8. The number of hydrogen-bond donors (Lipinski definition) is 1. The normalized spacial score (nSPS) is 9.94. The SMILES string of the molecule is C=C(/C=C/CCOC(=O)CC(=C)C(=O)O)OC. The van der Waals surface area contributed by atoms with Crippen molar-refractivity contribution in [3.8, 4) is 0 Å². The fourth-order valence-corrected chi connectivity index (χ4v) is 0.824. The maximum atomic E-state index is 11.1. The zero-order valence-corrected chi connectivity index (χ0v) is 9.77. The van der Waals surface area contributed by atoms with Crippen LogP contribution in [-0.2, 0) is 19.1 Å². The Hall–Kier alpha value is -2.04. The van der Waals surface area contributed by atoms with Gasteiger partial charge in [-0.1, -0.05) is 19.2 Å². The average molecular weight is 240 g/mol. The van der Waals surface area contributed by atoms with Crippen molar-refractivity contribution in [2.45, 2.75) is 12.8 Å². The highest BCUT2D eigenvalue weighted by atomic mass is 16.5. The molecule has 0 rings (SSSR count). The van der Waals surface area contributed by atoms with Crippen LogP contribution in [0, 0.1) is 0 Å². The Labute approximate surface area is 100 Å². The van der Waals surface area contributed by atoms with Crippen LogP contribution < -0.4 is 0 Å². The second kappa shape index (κ2) is 8.15. The van der Waals surface area contributed by atoms with Gasteiger partial charge in [-0.05, 0) is 12.5 Å². The third kappa shape index (κ3) is 7.84. The van der Waals surface area contributed by atoms with Crippen LogP contribution in [0.4, 0.5) is 0 Å². The Balaban J connectivity index is 3.72. The number of carbonyl (C=O) groups excluding carboxylic acids is 1. The third-order valence-corrected chi connectivity index (χ3v) is 1.77. The first-order valence-corrected chi connectivity index (χ1v) is 4.93. The summed E-state index contributed by atoms with van der Waals surface area (Å²) in [6, 6.07) is 0. The number of carboxylic acids is 1. The van der Waals surface area contributed by atoms with E-state index in [1.807, 2.05) is 0 Å². The van der Waals surface area contributed by atoms with Gasteiger partial charge < -0.3 is 14.6 Å². The number of carbonyl (C=O) groups is 2. The summed E-state index contributed by atoms with van der Waals surface area (Å²) >= 11 is 0. The molecular weight excluding hydrogens is 224 g/mol. The molecule has 1 N–H and O–H groups in total. The van der Waals surface area contributed by atoms with Gasteiger partial charge in [-0.25, -0.2) is 4.79 Å². The Morgan fingerprint density at radius 3 is 2.53 bits per heavy atom. The molecule has 0 saturated carbocycles. The maximum Gasteiger partial charge on any atom is 0.331 e. The average Bonchev–Trinajstić information content (AvgIpc) is 2.27. The first-order valence-electron chi connectivity index (χ1n) is 4.93. The van der Waals surface area contributed by atoms with E-state index in [0.717, 1.165) is 0 Å². The van der Waals surface area contributed by atoms with Crippen molar-refractivity contribution < 1.29 is 24.2 Å². The van der Waals surface area contributed by atoms with Crippen molar-refractivity contribution in [1.82, 2.24) is 0 Å². The molecule has 0 aromatic heterocycles. The smallest absolute Gasteiger partial charge is 0.331 e. The summed E-state index contributed by atoms with van der Waals surface area (Å²) in [7, 11) is 1.50. The summed E-state index contributed by atoms with van der Waals surface area (Å²) in [4.78, 5) is 21.5. The molecule has 0 amide bonds. The maximum absolute atomic E-state index is 11.1. The monoisotopic (exact) mass is 240 g/mol. The van der Waals surface area contributed by atoms with Crippen LogP contribution in [0.1, 0.15) is 12.8 Å². The highest BCUT2D eigenvalue weighted by Crippen LogP contribution is 2.01. The van der Waals surface area contributed by atoms with E-state index in [1.165, 1.54) is 7.11 Å². The predicted molar refractivity (Wildman–Crippen MR) is 62.3 cm³/mol. The van der Waals surface area contributed by atoms with Crippen LogP contribution in [0.3, 0.4) is 0 Å². The minimum absolute atomic E-state index is 0.180. The van der Waals surface area contributed by atoms with Crippen LogP contribution in [0.2, 0.25) is 0 Å². The molecule has 0 spiro atoms. The van der Waals surface area contributed by atoms with E-state index in [0.29, 0.717) is 12.2 Å². The van der Waals surface area contributed by atoms with Crippen LogP contribution in [0.5, 0.6) is 0 Å². The number of allylic oxidation sites excluding steroid dienone is 1. The van der Waals surface area contributed by atoms with Crippen molar-refractivity contribution in [3.05, 3.63) is 36.6 Å². The summed E-state index contributed by atoms with van der Waals surface area (Å²) in [6.45, 7) is 6.98. The standard InChI is InChI=1S/C12H16O5/c1-9(12(14)15)8-11(13)17-7-5-4-6-10(2)16-3/h4,6H,1-2,5,7-8H2,3H3,(H,14,15)/b6-4+. The van der Waals surface area contributed by atoms with E-state index < -0.39 is 11.9 Å². The Morgan fingerprint density at radius 2 is 2.00 bits per heavy atom. The summed E-state index contributed by atoms with van der Waals surface area (Å²) in [5.74, 6) is -1.29. The van der Waals surface area contributed by atoms with E-state index in [-0.39, 0.29) is 18.6 Å². The van der Waals surface area contributed by atoms with Crippen LogP contribution >= 0.6 is 0 Å². The molecule has 5 heteroatoms. The van der Waals surface area contributed by atoms with Gasteiger partial charge in [-0.15, -0.1) is 0 Å². The zero-order chi connectivity index (χ0) is 13.3. The lowest BCUT2D eigenvalue weighted by Crippen LogP contribution is -2.10. The van der Waals surface area contributed by atoms with Crippen molar-refractivity contribution in [1.29, 1.82) is 0 Å². The predicted octanol–water partition coefficient (Wildman–Crippen LogP) is 1.67. The molecule has 0 atom stereocenters. The van der Waals surface area contributed by atoms with Crippen LogP contribution in [0.25, 0.3) is 0 Å².